The fourth-order valence-corrected chi connectivity index (χ4v) is 5.61. The van der Waals surface area contributed by atoms with Crippen molar-refractivity contribution in [1.82, 2.24) is 0 Å². The van der Waals surface area contributed by atoms with E-state index in [0.717, 1.165) is 29.0 Å². The van der Waals surface area contributed by atoms with Crippen LogP contribution >= 0.6 is 0 Å². The number of aryl methyl sites for hydroxylation is 1. The number of nitrogens with one attached hydrogen (secondary N) is 1. The van der Waals surface area contributed by atoms with Crippen LogP contribution in [0.5, 0.6) is 5.75 Å². The minimum atomic E-state index is -0.308. The van der Waals surface area contributed by atoms with E-state index in [0.29, 0.717) is 6.61 Å². The maximum Gasteiger partial charge on any atom is 0.269 e. The van der Waals surface area contributed by atoms with Crippen LogP contribution in [0.3, 0.4) is 0 Å². The van der Waals surface area contributed by atoms with Gasteiger partial charge in [0.05, 0.1) is 11.0 Å². The summed E-state index contributed by atoms with van der Waals surface area (Å²) < 4.78 is 6.02. The summed E-state index contributed by atoms with van der Waals surface area (Å²) in [6, 6.07) is 30.5. The lowest BCUT2D eigenvalue weighted by atomic mass is 9.75. The Balaban J connectivity index is 1.29. The Morgan fingerprint density at radius 1 is 0.943 bits per heavy atom. The van der Waals surface area contributed by atoms with E-state index >= 15 is 0 Å². The number of anilines is 1. The van der Waals surface area contributed by atoms with E-state index < -0.39 is 0 Å². The zero-order valence-corrected chi connectivity index (χ0v) is 19.5. The van der Waals surface area contributed by atoms with Crippen LogP contribution in [0.1, 0.15) is 45.3 Å². The Hall–Kier alpha value is -4.12. The van der Waals surface area contributed by atoms with E-state index in [1.807, 2.05) is 18.2 Å². The zero-order chi connectivity index (χ0) is 23.9. The lowest BCUT2D eigenvalue weighted by Gasteiger charge is -2.38. The van der Waals surface area contributed by atoms with Crippen LogP contribution in [-0.2, 0) is 13.0 Å². The van der Waals surface area contributed by atoms with Crippen molar-refractivity contribution in [3.05, 3.63) is 134 Å². The quantitative estimate of drug-likeness (QED) is 0.257. The summed E-state index contributed by atoms with van der Waals surface area (Å²) in [5.41, 5.74) is 8.31. The first-order valence-electron chi connectivity index (χ1n) is 12.0. The molecule has 1 aliphatic heterocycles. The summed E-state index contributed by atoms with van der Waals surface area (Å²) in [6.07, 6.45) is 0.937. The molecule has 1 heterocycles. The lowest BCUT2D eigenvalue weighted by Crippen LogP contribution is -2.30. The first-order valence-corrected chi connectivity index (χ1v) is 12.0. The van der Waals surface area contributed by atoms with E-state index in [9.17, 15) is 10.1 Å². The van der Waals surface area contributed by atoms with Crippen molar-refractivity contribution < 1.29 is 9.66 Å². The van der Waals surface area contributed by atoms with Gasteiger partial charge in [0.2, 0.25) is 0 Å². The molecule has 0 aromatic heterocycles. The number of fused-ring (bicyclic) bond motifs is 5. The molecule has 4 aromatic carbocycles. The minimum Gasteiger partial charge on any atom is -0.489 e. The second-order valence-corrected chi connectivity index (χ2v) is 9.54. The number of rotatable bonds is 5. The van der Waals surface area contributed by atoms with E-state index in [4.69, 9.17) is 4.74 Å². The van der Waals surface area contributed by atoms with Gasteiger partial charge in [0.25, 0.3) is 5.69 Å². The fourth-order valence-electron chi connectivity index (χ4n) is 5.61. The third-order valence-electron chi connectivity index (χ3n) is 7.36. The van der Waals surface area contributed by atoms with Gasteiger partial charge >= 0.3 is 0 Å². The Labute approximate surface area is 204 Å². The third kappa shape index (κ3) is 3.93. The Morgan fingerprint density at radius 2 is 1.71 bits per heavy atom. The molecule has 0 spiro atoms. The Bertz CT molecular complexity index is 1400. The van der Waals surface area contributed by atoms with Gasteiger partial charge in [-0.1, -0.05) is 66.2 Å². The molecule has 1 aliphatic carbocycles. The second-order valence-electron chi connectivity index (χ2n) is 9.54. The Morgan fingerprint density at radius 3 is 2.49 bits per heavy atom. The average Bonchev–Trinajstić information content (AvgIpc) is 3.28. The van der Waals surface area contributed by atoms with Gasteiger partial charge < -0.3 is 10.1 Å². The molecule has 0 saturated carbocycles. The zero-order valence-electron chi connectivity index (χ0n) is 19.5. The van der Waals surface area contributed by atoms with Crippen LogP contribution in [0.25, 0.3) is 0 Å². The third-order valence-corrected chi connectivity index (χ3v) is 7.36. The van der Waals surface area contributed by atoms with Gasteiger partial charge in [-0.2, -0.15) is 0 Å². The van der Waals surface area contributed by atoms with Crippen LogP contribution in [0.4, 0.5) is 11.4 Å². The van der Waals surface area contributed by atoms with Gasteiger partial charge in [-0.3, -0.25) is 10.1 Å². The number of nitro groups is 1. The van der Waals surface area contributed by atoms with Crippen LogP contribution in [0.15, 0.2) is 91.0 Å². The van der Waals surface area contributed by atoms with Crippen molar-refractivity contribution >= 4 is 11.4 Å². The maximum absolute atomic E-state index is 11.5. The van der Waals surface area contributed by atoms with Crippen molar-refractivity contribution in [3.8, 4) is 5.75 Å². The molecule has 174 valence electrons. The number of ether oxygens (including phenoxy) is 1. The summed E-state index contributed by atoms with van der Waals surface area (Å²) in [5.74, 6) is 1.25. The molecule has 0 unspecified atom stereocenters. The lowest BCUT2D eigenvalue weighted by molar-refractivity contribution is -0.384. The van der Waals surface area contributed by atoms with Crippen LogP contribution in [0.2, 0.25) is 0 Å². The van der Waals surface area contributed by atoms with Crippen molar-refractivity contribution in [3.63, 3.8) is 0 Å². The maximum atomic E-state index is 11.5. The highest BCUT2D eigenvalue weighted by Gasteiger charge is 2.43. The molecule has 0 fully saturated rings. The molecule has 0 radical (unpaired) electrons. The van der Waals surface area contributed by atoms with Crippen LogP contribution in [-0.4, -0.2) is 4.92 Å². The molecule has 5 heteroatoms. The highest BCUT2D eigenvalue weighted by Crippen LogP contribution is 2.54. The summed E-state index contributed by atoms with van der Waals surface area (Å²) in [5, 5.41) is 15.2. The van der Waals surface area contributed by atoms with Gasteiger partial charge in [-0.15, -0.1) is 0 Å². The van der Waals surface area contributed by atoms with E-state index in [1.54, 1.807) is 12.1 Å². The molecule has 6 rings (SSSR count). The molecule has 5 nitrogen and oxygen atoms in total. The number of hydrogen-bond acceptors (Lipinski definition) is 4. The SMILES string of the molecule is Cc1ccc(COc2ccc([C@@H]3Nc4ccc([N+](=O)[O-])cc4[C@@H]4c5ccccc5C[C@H]43)cc2)cc1. The minimum absolute atomic E-state index is 0.104. The van der Waals surface area contributed by atoms with Gasteiger partial charge in [0.15, 0.2) is 0 Å². The first kappa shape index (κ1) is 21.4. The van der Waals surface area contributed by atoms with Crippen molar-refractivity contribution in [2.45, 2.75) is 31.9 Å². The number of benzene rings is 4. The normalized spacial score (nSPS) is 19.7. The fraction of sp³-hybridized carbons (Fsp3) is 0.200. The summed E-state index contributed by atoms with van der Waals surface area (Å²) in [4.78, 5) is 11.2. The number of nitro benzene ring substituents is 1. The number of hydrogen-bond donors (Lipinski definition) is 1. The van der Waals surface area contributed by atoms with Crippen molar-refractivity contribution in [2.24, 2.45) is 5.92 Å². The molecule has 4 aromatic rings. The standard InChI is InChI=1S/C30H26N2O3/c1-19-6-8-20(9-7-19)18-35-24-13-10-21(11-14-24)30-27-16-22-4-2-3-5-25(22)29(27)26-17-23(32(33)34)12-15-28(26)31-30/h2-15,17,27,29-31H,16,18H2,1H3/t27-,29+,30+/m1/s1. The summed E-state index contributed by atoms with van der Waals surface area (Å²) in [7, 11) is 0. The predicted molar refractivity (Wildman–Crippen MR) is 137 cm³/mol. The molecule has 35 heavy (non-hydrogen) atoms. The molecular formula is C30H26N2O3. The predicted octanol–water partition coefficient (Wildman–Crippen LogP) is 6.95. The largest absolute Gasteiger partial charge is 0.489 e. The molecule has 0 saturated heterocycles. The van der Waals surface area contributed by atoms with E-state index in [-0.39, 0.29) is 28.5 Å². The van der Waals surface area contributed by atoms with Gasteiger partial charge in [0, 0.05) is 23.7 Å². The number of non-ortho nitro benzene ring substituents is 1. The highest BCUT2D eigenvalue weighted by atomic mass is 16.6. The number of nitrogens with zero attached hydrogens (tertiary/aromatic N) is 1. The monoisotopic (exact) mass is 462 g/mol. The summed E-state index contributed by atoms with van der Waals surface area (Å²) >= 11 is 0. The molecule has 2 aliphatic rings. The molecule has 1 N–H and O–H groups in total. The van der Waals surface area contributed by atoms with Gasteiger partial charge in [0.1, 0.15) is 12.4 Å². The van der Waals surface area contributed by atoms with Gasteiger partial charge in [-0.05, 0) is 65.3 Å². The summed E-state index contributed by atoms with van der Waals surface area (Å²) in [6.45, 7) is 2.61. The van der Waals surface area contributed by atoms with E-state index in [1.165, 1.54) is 22.3 Å². The van der Waals surface area contributed by atoms with Crippen molar-refractivity contribution in [1.29, 1.82) is 0 Å². The molecule has 3 atom stereocenters. The van der Waals surface area contributed by atoms with Gasteiger partial charge in [-0.25, -0.2) is 0 Å². The van der Waals surface area contributed by atoms with Crippen molar-refractivity contribution in [2.75, 3.05) is 5.32 Å². The van der Waals surface area contributed by atoms with Crippen LogP contribution in [0, 0.1) is 23.0 Å². The second kappa shape index (κ2) is 8.58. The molecular weight excluding hydrogens is 436 g/mol. The topological polar surface area (TPSA) is 64.4 Å². The smallest absolute Gasteiger partial charge is 0.269 e. The molecule has 0 amide bonds. The Kier molecular flexibility index (Phi) is 5.25. The average molecular weight is 463 g/mol. The highest BCUT2D eigenvalue weighted by molar-refractivity contribution is 5.65. The van der Waals surface area contributed by atoms with Crippen LogP contribution < -0.4 is 10.1 Å². The first-order chi connectivity index (χ1) is 17.1. The molecule has 0 bridgehead atoms. The van der Waals surface area contributed by atoms with E-state index in [2.05, 4.69) is 72.9 Å².